The number of amides is 1. The van der Waals surface area contributed by atoms with E-state index in [1.807, 2.05) is 23.1 Å². The van der Waals surface area contributed by atoms with E-state index in [1.54, 1.807) is 18.6 Å². The third-order valence-electron chi connectivity index (χ3n) is 5.02. The molecule has 0 aromatic carbocycles. The Kier molecular flexibility index (Phi) is 7.57. The molecule has 1 N–H and O–H groups in total. The van der Waals surface area contributed by atoms with E-state index < -0.39 is 12.1 Å². The van der Waals surface area contributed by atoms with Gasteiger partial charge in [-0.1, -0.05) is 6.07 Å². The molecule has 3 unspecified atom stereocenters. The second kappa shape index (κ2) is 10.4. The van der Waals surface area contributed by atoms with Crippen LogP contribution in [0.25, 0.3) is 0 Å². The molecule has 1 aliphatic carbocycles. The van der Waals surface area contributed by atoms with Crippen LogP contribution in [-0.4, -0.2) is 74.9 Å². The number of carboxylic acid groups (broad SMARTS) is 1. The smallest absolute Gasteiger partial charge is 0.477 e. The van der Waals surface area contributed by atoms with Crippen LogP contribution in [0.15, 0.2) is 43.0 Å². The first kappa shape index (κ1) is 23.4. The summed E-state index contributed by atoms with van der Waals surface area (Å²) in [6.07, 6.45) is 3.08. The Morgan fingerprint density at radius 3 is 2.59 bits per heavy atom. The van der Waals surface area contributed by atoms with Crippen LogP contribution in [0.3, 0.4) is 0 Å². The highest BCUT2D eigenvalue weighted by Gasteiger charge is 2.43. The zero-order chi connectivity index (χ0) is 23.1. The van der Waals surface area contributed by atoms with Crippen LogP contribution in [0.4, 0.5) is 13.2 Å². The van der Waals surface area contributed by atoms with Crippen molar-refractivity contribution >= 4 is 11.9 Å². The van der Waals surface area contributed by atoms with E-state index in [0.29, 0.717) is 37.3 Å². The van der Waals surface area contributed by atoms with Gasteiger partial charge in [-0.15, -0.1) is 0 Å². The summed E-state index contributed by atoms with van der Waals surface area (Å²) in [6, 6.07) is 5.69. The second-order valence-electron chi connectivity index (χ2n) is 7.19. The van der Waals surface area contributed by atoms with Crippen molar-refractivity contribution in [3.63, 3.8) is 0 Å². The van der Waals surface area contributed by atoms with Gasteiger partial charge in [0, 0.05) is 31.2 Å². The van der Waals surface area contributed by atoms with Crippen molar-refractivity contribution in [2.45, 2.75) is 31.2 Å². The molecule has 2 fully saturated rings. The van der Waals surface area contributed by atoms with Gasteiger partial charge in [0.2, 0.25) is 5.88 Å². The van der Waals surface area contributed by atoms with Gasteiger partial charge < -0.3 is 19.5 Å². The van der Waals surface area contributed by atoms with Gasteiger partial charge in [0.15, 0.2) is 0 Å². The topological polar surface area (TPSA) is 115 Å². The summed E-state index contributed by atoms with van der Waals surface area (Å²) >= 11 is 0. The lowest BCUT2D eigenvalue weighted by Gasteiger charge is -2.37. The van der Waals surface area contributed by atoms with Crippen molar-refractivity contribution in [3.05, 3.63) is 48.7 Å². The second-order valence-corrected chi connectivity index (χ2v) is 7.19. The fraction of sp³-hybridized carbons (Fsp3) is 0.450. The molecule has 1 amide bonds. The number of aromatic nitrogens is 3. The quantitative estimate of drug-likeness (QED) is 0.748. The van der Waals surface area contributed by atoms with Crippen LogP contribution >= 0.6 is 0 Å². The highest BCUT2D eigenvalue weighted by atomic mass is 19.4. The highest BCUT2D eigenvalue weighted by molar-refractivity contribution is 5.92. The molecule has 2 aromatic heterocycles. The van der Waals surface area contributed by atoms with E-state index in [1.165, 1.54) is 6.20 Å². The van der Waals surface area contributed by atoms with Gasteiger partial charge in [-0.25, -0.2) is 14.8 Å². The molecule has 32 heavy (non-hydrogen) atoms. The number of hydrogen-bond donors (Lipinski definition) is 1. The number of fused-ring (bicyclic) bond motifs is 1. The van der Waals surface area contributed by atoms with Crippen molar-refractivity contribution < 1.29 is 37.3 Å². The van der Waals surface area contributed by atoms with Gasteiger partial charge in [-0.05, 0) is 24.8 Å². The lowest BCUT2D eigenvalue weighted by atomic mass is 10.1. The molecule has 1 aliphatic heterocycles. The average molecular weight is 454 g/mol. The predicted octanol–water partition coefficient (Wildman–Crippen LogP) is 2.20. The summed E-state index contributed by atoms with van der Waals surface area (Å²) < 4.78 is 43.4. The number of hydrogen-bond acceptors (Lipinski definition) is 7. The zero-order valence-corrected chi connectivity index (χ0v) is 16.8. The number of alkyl halides is 3. The van der Waals surface area contributed by atoms with Crippen LogP contribution in [0.1, 0.15) is 23.3 Å². The first-order chi connectivity index (χ1) is 15.3. The van der Waals surface area contributed by atoms with Crippen LogP contribution in [-0.2, 0) is 9.53 Å². The van der Waals surface area contributed by atoms with Gasteiger partial charge in [0.05, 0.1) is 31.6 Å². The normalized spacial score (nSPS) is 22.3. The first-order valence-corrected chi connectivity index (χ1v) is 9.78. The molecular formula is C20H21F3N4O5. The molecule has 0 bridgehead atoms. The minimum Gasteiger partial charge on any atom is -0.477 e. The zero-order valence-electron chi connectivity index (χ0n) is 16.8. The van der Waals surface area contributed by atoms with E-state index >= 15 is 0 Å². The molecular weight excluding hydrogens is 433 g/mol. The summed E-state index contributed by atoms with van der Waals surface area (Å²) in [7, 11) is 0. The fourth-order valence-electron chi connectivity index (χ4n) is 3.63. The van der Waals surface area contributed by atoms with Gasteiger partial charge in [-0.2, -0.15) is 13.2 Å². The molecule has 3 atom stereocenters. The number of nitrogens with zero attached hydrogens (tertiary/aromatic N) is 4. The molecule has 2 aliphatic rings. The van der Waals surface area contributed by atoms with Gasteiger partial charge in [-0.3, -0.25) is 9.78 Å². The molecule has 2 aromatic rings. The molecule has 1 saturated heterocycles. The number of morpholine rings is 1. The summed E-state index contributed by atoms with van der Waals surface area (Å²) in [5, 5.41) is 7.12. The summed E-state index contributed by atoms with van der Waals surface area (Å²) in [4.78, 5) is 35.9. The molecule has 9 nitrogen and oxygen atoms in total. The van der Waals surface area contributed by atoms with Crippen LogP contribution in [0, 0.1) is 5.92 Å². The van der Waals surface area contributed by atoms with E-state index in [4.69, 9.17) is 19.4 Å². The molecule has 1 saturated carbocycles. The van der Waals surface area contributed by atoms with Crippen LogP contribution < -0.4 is 4.74 Å². The summed E-state index contributed by atoms with van der Waals surface area (Å²) in [5.74, 6) is -1.86. The summed E-state index contributed by atoms with van der Waals surface area (Å²) in [6.45, 7) is 1.73. The SMILES string of the molecule is O=C(O)C(F)(F)F.O=C(c1cnccn1)N1CCOC2CC(COc3ccccn3)CC21. The maximum absolute atomic E-state index is 12.8. The number of carboxylic acids is 1. The van der Waals surface area contributed by atoms with E-state index in [2.05, 4.69) is 15.0 Å². The third kappa shape index (κ3) is 6.13. The average Bonchev–Trinajstić information content (AvgIpc) is 3.21. The van der Waals surface area contributed by atoms with Crippen molar-refractivity contribution in [2.24, 2.45) is 5.92 Å². The van der Waals surface area contributed by atoms with Gasteiger partial charge in [0.25, 0.3) is 5.91 Å². The number of carbonyl (C=O) groups is 2. The Morgan fingerprint density at radius 1 is 1.19 bits per heavy atom. The van der Waals surface area contributed by atoms with Crippen molar-refractivity contribution in [1.82, 2.24) is 19.9 Å². The van der Waals surface area contributed by atoms with Crippen molar-refractivity contribution in [3.8, 4) is 5.88 Å². The fourth-order valence-corrected chi connectivity index (χ4v) is 3.63. The van der Waals surface area contributed by atoms with E-state index in [9.17, 15) is 18.0 Å². The first-order valence-electron chi connectivity index (χ1n) is 9.78. The third-order valence-corrected chi connectivity index (χ3v) is 5.02. The molecule has 12 heteroatoms. The van der Waals surface area contributed by atoms with Crippen LogP contribution in [0.2, 0.25) is 0 Å². The van der Waals surface area contributed by atoms with E-state index in [0.717, 1.165) is 12.8 Å². The highest BCUT2D eigenvalue weighted by Crippen LogP contribution is 2.35. The van der Waals surface area contributed by atoms with E-state index in [-0.39, 0.29) is 18.1 Å². The lowest BCUT2D eigenvalue weighted by molar-refractivity contribution is -0.192. The monoisotopic (exact) mass is 454 g/mol. The van der Waals surface area contributed by atoms with Gasteiger partial charge >= 0.3 is 12.1 Å². The number of ether oxygens (including phenoxy) is 2. The molecule has 4 rings (SSSR count). The van der Waals surface area contributed by atoms with Crippen LogP contribution in [0.5, 0.6) is 5.88 Å². The molecule has 172 valence electrons. The molecule has 3 heterocycles. The minimum absolute atomic E-state index is 0.0618. The number of carbonyl (C=O) groups excluding carboxylic acids is 1. The van der Waals surface area contributed by atoms with Crippen molar-refractivity contribution in [2.75, 3.05) is 19.8 Å². The minimum atomic E-state index is -5.08. The number of rotatable bonds is 4. The standard InChI is InChI=1S/C18H20N4O3.C2HF3O2/c23-18(14-11-19-5-6-20-14)22-7-8-24-16-10-13(9-15(16)22)12-25-17-3-1-2-4-21-17;3-2(4,5)1(6)7/h1-6,11,13,15-16H,7-10,12H2;(H,6,7). The Hall–Kier alpha value is -3.28. The largest absolute Gasteiger partial charge is 0.490 e. The molecule has 0 spiro atoms. The lowest BCUT2D eigenvalue weighted by Crippen LogP contribution is -2.51. The maximum Gasteiger partial charge on any atom is 0.490 e. The Bertz CT molecular complexity index is 901. The maximum atomic E-state index is 12.8. The van der Waals surface area contributed by atoms with Gasteiger partial charge in [0.1, 0.15) is 5.69 Å². The Morgan fingerprint density at radius 2 is 1.97 bits per heavy atom. The number of pyridine rings is 1. The predicted molar refractivity (Wildman–Crippen MR) is 103 cm³/mol. The van der Waals surface area contributed by atoms with Crippen molar-refractivity contribution in [1.29, 1.82) is 0 Å². The number of halogens is 3. The molecule has 0 radical (unpaired) electrons. The Balaban J connectivity index is 0.000000360. The Labute approximate surface area is 181 Å². The summed E-state index contributed by atoms with van der Waals surface area (Å²) in [5.41, 5.74) is 0.385. The number of aliphatic carboxylic acids is 1.